The first-order valence-electron chi connectivity index (χ1n) is 6.28. The van der Waals surface area contributed by atoms with E-state index in [0.717, 1.165) is 32.2 Å². The van der Waals surface area contributed by atoms with Crippen LogP contribution < -0.4 is 10.6 Å². The molecule has 0 saturated carbocycles. The summed E-state index contributed by atoms with van der Waals surface area (Å²) in [4.78, 5) is 22.7. The summed E-state index contributed by atoms with van der Waals surface area (Å²) in [6.45, 7) is 4.64. The van der Waals surface area contributed by atoms with Crippen LogP contribution in [0.1, 0.15) is 46.0 Å². The van der Waals surface area contributed by atoms with E-state index >= 15 is 0 Å². The summed E-state index contributed by atoms with van der Waals surface area (Å²) < 4.78 is 0. The summed E-state index contributed by atoms with van der Waals surface area (Å²) in [7, 11) is 0. The Morgan fingerprint density at radius 1 is 1.53 bits per heavy atom. The lowest BCUT2D eigenvalue weighted by Crippen LogP contribution is -2.55. The zero-order chi connectivity index (χ0) is 12.9. The number of hydrogen-bond acceptors (Lipinski definition) is 3. The smallest absolute Gasteiger partial charge is 0.305 e. The maximum atomic E-state index is 12.2. The standard InChI is InChI=1S/C12H22N2O3/c1-3-5-12(6-4-7-13-12)11(17)14-9(2)8-10(15)16/h9,13H,3-8H2,1-2H3,(H,14,17)(H,15,16). The highest BCUT2D eigenvalue weighted by Gasteiger charge is 2.40. The maximum absolute atomic E-state index is 12.2. The summed E-state index contributed by atoms with van der Waals surface area (Å²) in [5.74, 6) is -0.938. The van der Waals surface area contributed by atoms with E-state index < -0.39 is 11.5 Å². The van der Waals surface area contributed by atoms with Crippen molar-refractivity contribution in [1.82, 2.24) is 10.6 Å². The molecular formula is C12H22N2O3. The molecule has 1 fully saturated rings. The SMILES string of the molecule is CCCC1(C(=O)NC(C)CC(=O)O)CCCN1. The van der Waals surface area contributed by atoms with Crippen molar-refractivity contribution in [2.24, 2.45) is 0 Å². The van der Waals surface area contributed by atoms with Crippen LogP contribution in [0.4, 0.5) is 0 Å². The molecule has 0 aliphatic carbocycles. The molecule has 1 aliphatic rings. The first-order chi connectivity index (χ1) is 8.00. The van der Waals surface area contributed by atoms with E-state index in [1.807, 2.05) is 0 Å². The molecule has 2 atom stereocenters. The number of rotatable bonds is 6. The zero-order valence-electron chi connectivity index (χ0n) is 10.6. The van der Waals surface area contributed by atoms with Gasteiger partial charge in [0.15, 0.2) is 0 Å². The van der Waals surface area contributed by atoms with Crippen molar-refractivity contribution in [2.75, 3.05) is 6.54 Å². The number of nitrogens with one attached hydrogen (secondary N) is 2. The van der Waals surface area contributed by atoms with Crippen LogP contribution in [0.25, 0.3) is 0 Å². The third-order valence-corrected chi connectivity index (χ3v) is 3.21. The van der Waals surface area contributed by atoms with Gasteiger partial charge in [0.25, 0.3) is 0 Å². The topological polar surface area (TPSA) is 78.4 Å². The molecule has 1 aliphatic heterocycles. The van der Waals surface area contributed by atoms with E-state index in [1.54, 1.807) is 6.92 Å². The van der Waals surface area contributed by atoms with E-state index in [0.29, 0.717) is 0 Å². The van der Waals surface area contributed by atoms with Crippen molar-refractivity contribution in [2.45, 2.75) is 57.5 Å². The minimum Gasteiger partial charge on any atom is -0.481 e. The van der Waals surface area contributed by atoms with Crippen molar-refractivity contribution >= 4 is 11.9 Å². The van der Waals surface area contributed by atoms with Crippen LogP contribution in [0.5, 0.6) is 0 Å². The maximum Gasteiger partial charge on any atom is 0.305 e. The van der Waals surface area contributed by atoms with Gasteiger partial charge >= 0.3 is 5.97 Å². The van der Waals surface area contributed by atoms with Gasteiger partial charge in [-0.05, 0) is 32.7 Å². The number of amides is 1. The number of carboxylic acids is 1. The second-order valence-corrected chi connectivity index (χ2v) is 4.83. The van der Waals surface area contributed by atoms with Gasteiger partial charge in [0.2, 0.25) is 5.91 Å². The number of carbonyl (C=O) groups is 2. The second kappa shape index (κ2) is 6.00. The Morgan fingerprint density at radius 2 is 2.24 bits per heavy atom. The summed E-state index contributed by atoms with van der Waals surface area (Å²) in [5, 5.41) is 14.7. The van der Waals surface area contributed by atoms with Gasteiger partial charge in [-0.3, -0.25) is 9.59 Å². The highest BCUT2D eigenvalue weighted by molar-refractivity contribution is 5.87. The molecule has 0 aromatic carbocycles. The van der Waals surface area contributed by atoms with Crippen LogP contribution in [0.3, 0.4) is 0 Å². The van der Waals surface area contributed by atoms with Crippen LogP contribution in [0.2, 0.25) is 0 Å². The normalized spacial score (nSPS) is 25.5. The summed E-state index contributed by atoms with van der Waals surface area (Å²) >= 11 is 0. The molecule has 98 valence electrons. The van der Waals surface area contributed by atoms with Crippen molar-refractivity contribution < 1.29 is 14.7 Å². The molecule has 0 aromatic heterocycles. The number of carbonyl (C=O) groups excluding carboxylic acids is 1. The molecular weight excluding hydrogens is 220 g/mol. The summed E-state index contributed by atoms with van der Waals surface area (Å²) in [6.07, 6.45) is 3.55. The van der Waals surface area contributed by atoms with Crippen LogP contribution in [0.15, 0.2) is 0 Å². The number of hydrogen-bond donors (Lipinski definition) is 3. The number of aliphatic carboxylic acids is 1. The Hall–Kier alpha value is -1.10. The third-order valence-electron chi connectivity index (χ3n) is 3.21. The average molecular weight is 242 g/mol. The zero-order valence-corrected chi connectivity index (χ0v) is 10.6. The van der Waals surface area contributed by atoms with Crippen LogP contribution in [0, 0.1) is 0 Å². The van der Waals surface area contributed by atoms with Gasteiger partial charge in [-0.1, -0.05) is 13.3 Å². The van der Waals surface area contributed by atoms with E-state index in [9.17, 15) is 9.59 Å². The largest absolute Gasteiger partial charge is 0.481 e. The molecule has 0 aromatic rings. The van der Waals surface area contributed by atoms with Crippen LogP contribution in [-0.4, -0.2) is 35.1 Å². The first kappa shape index (κ1) is 14.0. The molecule has 1 heterocycles. The fraction of sp³-hybridized carbons (Fsp3) is 0.833. The highest BCUT2D eigenvalue weighted by atomic mass is 16.4. The predicted molar refractivity (Wildman–Crippen MR) is 64.7 cm³/mol. The van der Waals surface area contributed by atoms with Crippen molar-refractivity contribution in [1.29, 1.82) is 0 Å². The predicted octanol–water partition coefficient (Wildman–Crippen LogP) is 0.888. The molecule has 5 heteroatoms. The minimum absolute atomic E-state index is 0.0338. The second-order valence-electron chi connectivity index (χ2n) is 4.83. The van der Waals surface area contributed by atoms with Gasteiger partial charge in [-0.25, -0.2) is 0 Å². The van der Waals surface area contributed by atoms with Crippen molar-refractivity contribution in [3.63, 3.8) is 0 Å². The van der Waals surface area contributed by atoms with Crippen molar-refractivity contribution in [3.05, 3.63) is 0 Å². The first-order valence-corrected chi connectivity index (χ1v) is 6.28. The lowest BCUT2D eigenvalue weighted by Gasteiger charge is -2.29. The Labute approximate surface area is 102 Å². The molecule has 1 rings (SSSR count). The number of carboxylic acid groups (broad SMARTS) is 1. The minimum atomic E-state index is -0.887. The van der Waals surface area contributed by atoms with Gasteiger partial charge in [0.05, 0.1) is 12.0 Å². The summed E-state index contributed by atoms with van der Waals surface area (Å²) in [6, 6.07) is -0.323. The quantitative estimate of drug-likeness (QED) is 0.646. The Morgan fingerprint density at radius 3 is 2.71 bits per heavy atom. The van der Waals surface area contributed by atoms with E-state index in [2.05, 4.69) is 17.6 Å². The van der Waals surface area contributed by atoms with Crippen LogP contribution >= 0.6 is 0 Å². The molecule has 1 amide bonds. The molecule has 0 spiro atoms. The molecule has 5 nitrogen and oxygen atoms in total. The molecule has 17 heavy (non-hydrogen) atoms. The Bertz CT molecular complexity index is 285. The molecule has 0 radical (unpaired) electrons. The lowest BCUT2D eigenvalue weighted by molar-refractivity contribution is -0.137. The lowest BCUT2D eigenvalue weighted by atomic mass is 9.90. The monoisotopic (exact) mass is 242 g/mol. The molecule has 2 unspecified atom stereocenters. The highest BCUT2D eigenvalue weighted by Crippen LogP contribution is 2.25. The fourth-order valence-electron chi connectivity index (χ4n) is 2.43. The van der Waals surface area contributed by atoms with Gasteiger partial charge < -0.3 is 15.7 Å². The molecule has 1 saturated heterocycles. The third kappa shape index (κ3) is 3.70. The molecule has 0 bridgehead atoms. The van der Waals surface area contributed by atoms with Crippen LogP contribution in [-0.2, 0) is 9.59 Å². The van der Waals surface area contributed by atoms with Gasteiger partial charge in [-0.2, -0.15) is 0 Å². The van der Waals surface area contributed by atoms with Gasteiger partial charge in [-0.15, -0.1) is 0 Å². The van der Waals surface area contributed by atoms with E-state index in [4.69, 9.17) is 5.11 Å². The Kier molecular flexibility index (Phi) is 4.93. The van der Waals surface area contributed by atoms with E-state index in [-0.39, 0.29) is 18.4 Å². The Balaban J connectivity index is 2.57. The molecule has 3 N–H and O–H groups in total. The summed E-state index contributed by atoms with van der Waals surface area (Å²) in [5.41, 5.74) is -0.471. The van der Waals surface area contributed by atoms with E-state index in [1.165, 1.54) is 0 Å². The average Bonchev–Trinajstić information content (AvgIpc) is 2.66. The van der Waals surface area contributed by atoms with Crippen molar-refractivity contribution in [3.8, 4) is 0 Å². The van der Waals surface area contributed by atoms with Gasteiger partial charge in [0, 0.05) is 6.04 Å². The fourth-order valence-corrected chi connectivity index (χ4v) is 2.43. The van der Waals surface area contributed by atoms with Gasteiger partial charge in [0.1, 0.15) is 0 Å².